The highest BCUT2D eigenvalue weighted by atomic mass is 35.5. The number of aromatic nitrogens is 6. The maximum Gasteiger partial charge on any atom is 0.269 e. The van der Waals surface area contributed by atoms with Crippen molar-refractivity contribution in [3.05, 3.63) is 72.4 Å². The summed E-state index contributed by atoms with van der Waals surface area (Å²) >= 11 is 6.69. The molecule has 0 saturated carbocycles. The molecule has 11 nitrogen and oxygen atoms in total. The van der Waals surface area contributed by atoms with Crippen LogP contribution in [0.5, 0.6) is 0 Å². The van der Waals surface area contributed by atoms with Gasteiger partial charge < -0.3 is 14.5 Å². The van der Waals surface area contributed by atoms with Crippen LogP contribution in [0.15, 0.2) is 72.3 Å². The van der Waals surface area contributed by atoms with Crippen LogP contribution in [0.25, 0.3) is 33.5 Å². The Labute approximate surface area is 261 Å². The second kappa shape index (κ2) is 11.9. The van der Waals surface area contributed by atoms with Gasteiger partial charge in [-0.05, 0) is 37.6 Å². The highest BCUT2D eigenvalue weighted by Gasteiger charge is 2.26. The molecule has 2 saturated heterocycles. The van der Waals surface area contributed by atoms with Crippen molar-refractivity contribution in [1.29, 1.82) is 0 Å². The van der Waals surface area contributed by atoms with Crippen LogP contribution in [0.3, 0.4) is 0 Å². The van der Waals surface area contributed by atoms with Crippen molar-refractivity contribution < 1.29 is 13.2 Å². The van der Waals surface area contributed by atoms with Gasteiger partial charge in [0.25, 0.3) is 10.0 Å². The van der Waals surface area contributed by atoms with Crippen molar-refractivity contribution >= 4 is 38.6 Å². The normalized spacial score (nSPS) is 17.0. The Hall–Kier alpha value is -3.84. The van der Waals surface area contributed by atoms with E-state index in [4.69, 9.17) is 26.4 Å². The number of pyridine rings is 1. The van der Waals surface area contributed by atoms with Gasteiger partial charge in [0.15, 0.2) is 5.65 Å². The Morgan fingerprint density at radius 2 is 1.73 bits per heavy atom. The number of hydrogen-bond donors (Lipinski definition) is 0. The Kier molecular flexibility index (Phi) is 7.83. The summed E-state index contributed by atoms with van der Waals surface area (Å²) in [5, 5.41) is 5.21. The third-order valence-electron chi connectivity index (χ3n) is 8.48. The first-order valence-corrected chi connectivity index (χ1v) is 16.7. The lowest BCUT2D eigenvalue weighted by atomic mass is 10.1. The summed E-state index contributed by atoms with van der Waals surface area (Å²) in [4.78, 5) is 18.9. The van der Waals surface area contributed by atoms with E-state index in [-0.39, 0.29) is 16.6 Å². The smallest absolute Gasteiger partial charge is 0.269 e. The topological polar surface area (TPSA) is 111 Å². The molecule has 0 bridgehead atoms. The Morgan fingerprint density at radius 1 is 0.955 bits per heavy atom. The zero-order valence-corrected chi connectivity index (χ0v) is 26.0. The highest BCUT2D eigenvalue weighted by molar-refractivity contribution is 7.90. The molecule has 228 valence electrons. The second-order valence-corrected chi connectivity index (χ2v) is 13.3. The van der Waals surface area contributed by atoms with E-state index in [0.29, 0.717) is 46.4 Å². The summed E-state index contributed by atoms with van der Waals surface area (Å²) < 4.78 is 36.3. The fourth-order valence-corrected chi connectivity index (χ4v) is 7.58. The van der Waals surface area contributed by atoms with Gasteiger partial charge in [0, 0.05) is 61.5 Å². The number of ether oxygens (including phenoxy) is 1. The first-order valence-electron chi connectivity index (χ1n) is 14.9. The molecule has 0 spiro atoms. The number of benzene rings is 1. The van der Waals surface area contributed by atoms with Crippen LogP contribution in [-0.2, 0) is 14.8 Å². The van der Waals surface area contributed by atoms with Crippen molar-refractivity contribution in [2.24, 2.45) is 0 Å². The lowest BCUT2D eigenvalue weighted by Crippen LogP contribution is -2.36. The van der Waals surface area contributed by atoms with Gasteiger partial charge in [-0.2, -0.15) is 5.10 Å². The molecular formula is C31H33ClN8O3S. The van der Waals surface area contributed by atoms with Crippen molar-refractivity contribution in [2.45, 2.75) is 30.7 Å². The monoisotopic (exact) mass is 632 g/mol. The lowest BCUT2D eigenvalue weighted by molar-refractivity contribution is 0.122. The molecule has 4 aromatic heterocycles. The second-order valence-electron chi connectivity index (χ2n) is 11.1. The van der Waals surface area contributed by atoms with Gasteiger partial charge in [0.2, 0.25) is 0 Å². The first-order chi connectivity index (χ1) is 21.4. The standard InChI is InChI=1S/C31H33ClN8O3S/c1-2-37-10-8-24(9-11-37)39-20-23(18-35-39)26-21-40(44(41,42)25-6-4-3-5-7-25)31-29(26)36-28(19-34-31)22-16-27(32)30(33-17-22)38-12-14-43-15-13-38/h3-7,16-21,24H,2,8-15H2,1H3. The lowest BCUT2D eigenvalue weighted by Gasteiger charge is -2.31. The van der Waals surface area contributed by atoms with Crippen molar-refractivity contribution in [2.75, 3.05) is 50.8 Å². The number of morpholine rings is 1. The molecule has 0 atom stereocenters. The highest BCUT2D eigenvalue weighted by Crippen LogP contribution is 2.35. The minimum Gasteiger partial charge on any atom is -0.378 e. The third kappa shape index (κ3) is 5.36. The number of rotatable bonds is 7. The molecule has 1 aromatic carbocycles. The summed E-state index contributed by atoms with van der Waals surface area (Å²) in [7, 11) is -3.95. The zero-order chi connectivity index (χ0) is 30.3. The summed E-state index contributed by atoms with van der Waals surface area (Å²) in [5.41, 5.74) is 3.33. The van der Waals surface area contributed by atoms with Crippen LogP contribution in [0.2, 0.25) is 5.02 Å². The van der Waals surface area contributed by atoms with Crippen LogP contribution in [0.1, 0.15) is 25.8 Å². The van der Waals surface area contributed by atoms with E-state index >= 15 is 0 Å². The predicted octanol–water partition coefficient (Wildman–Crippen LogP) is 4.74. The van der Waals surface area contributed by atoms with Crippen molar-refractivity contribution in [3.8, 4) is 22.4 Å². The van der Waals surface area contributed by atoms with Gasteiger partial charge in [-0.25, -0.2) is 27.3 Å². The minimum absolute atomic E-state index is 0.169. The Bertz CT molecular complexity index is 1900. The molecule has 0 N–H and O–H groups in total. The van der Waals surface area contributed by atoms with Crippen LogP contribution in [0, 0.1) is 0 Å². The molecule has 0 amide bonds. The van der Waals surface area contributed by atoms with Gasteiger partial charge >= 0.3 is 0 Å². The Balaban J connectivity index is 1.31. The summed E-state index contributed by atoms with van der Waals surface area (Å²) in [6.07, 6.45) is 10.7. The Morgan fingerprint density at radius 3 is 2.45 bits per heavy atom. The van der Waals surface area contributed by atoms with Gasteiger partial charge in [-0.15, -0.1) is 0 Å². The zero-order valence-electron chi connectivity index (χ0n) is 24.4. The summed E-state index contributed by atoms with van der Waals surface area (Å²) in [6, 6.07) is 10.5. The molecule has 2 fully saturated rings. The minimum atomic E-state index is -3.95. The molecule has 2 aliphatic heterocycles. The fourth-order valence-electron chi connectivity index (χ4n) is 5.96. The van der Waals surface area contributed by atoms with Crippen LogP contribution >= 0.6 is 11.6 Å². The molecule has 0 radical (unpaired) electrons. The van der Waals surface area contributed by atoms with Gasteiger partial charge in [-0.3, -0.25) is 4.68 Å². The van der Waals surface area contributed by atoms with Gasteiger partial charge in [0.1, 0.15) is 11.3 Å². The molecule has 6 heterocycles. The van der Waals surface area contributed by atoms with E-state index in [0.717, 1.165) is 51.1 Å². The number of piperidine rings is 1. The van der Waals surface area contributed by atoms with Crippen LogP contribution in [-0.4, -0.2) is 88.0 Å². The van der Waals surface area contributed by atoms with Gasteiger partial charge in [-0.1, -0.05) is 36.7 Å². The number of hydrogen-bond acceptors (Lipinski definition) is 9. The van der Waals surface area contributed by atoms with Crippen LogP contribution in [0.4, 0.5) is 5.82 Å². The number of nitrogens with zero attached hydrogens (tertiary/aromatic N) is 8. The van der Waals surface area contributed by atoms with E-state index < -0.39 is 10.0 Å². The van der Waals surface area contributed by atoms with Crippen LogP contribution < -0.4 is 4.90 Å². The van der Waals surface area contributed by atoms with E-state index in [1.54, 1.807) is 55.1 Å². The maximum absolute atomic E-state index is 13.8. The van der Waals surface area contributed by atoms with Crippen molar-refractivity contribution in [3.63, 3.8) is 0 Å². The number of fused-ring (bicyclic) bond motifs is 1. The van der Waals surface area contributed by atoms with E-state index in [1.807, 2.05) is 16.9 Å². The molecule has 44 heavy (non-hydrogen) atoms. The number of halogens is 1. The SMILES string of the molecule is CCN1CCC(n2cc(-c3cn(S(=O)(=O)c4ccccc4)c4ncc(-c5cnc(N6CCOCC6)c(Cl)c5)nc34)cn2)CC1. The number of anilines is 1. The van der Waals surface area contributed by atoms with Gasteiger partial charge in [0.05, 0.1) is 47.3 Å². The van der Waals surface area contributed by atoms with E-state index in [2.05, 4.69) is 26.7 Å². The molecule has 13 heteroatoms. The molecular weight excluding hydrogens is 600 g/mol. The number of likely N-dealkylation sites (tertiary alicyclic amines) is 1. The quantitative estimate of drug-likeness (QED) is 0.251. The summed E-state index contributed by atoms with van der Waals surface area (Å²) in [6.45, 7) is 7.98. The largest absolute Gasteiger partial charge is 0.378 e. The maximum atomic E-state index is 13.8. The molecule has 0 unspecified atom stereocenters. The summed E-state index contributed by atoms with van der Waals surface area (Å²) in [5.74, 6) is 0.700. The fraction of sp³-hybridized carbons (Fsp3) is 0.355. The third-order valence-corrected chi connectivity index (χ3v) is 10.4. The average molecular weight is 633 g/mol. The van der Waals surface area contributed by atoms with Crippen molar-refractivity contribution in [1.82, 2.24) is 33.6 Å². The molecule has 0 aliphatic carbocycles. The first kappa shape index (κ1) is 28.9. The molecule has 5 aromatic rings. The van der Waals surface area contributed by atoms with E-state index in [1.165, 1.54) is 3.97 Å². The predicted molar refractivity (Wildman–Crippen MR) is 169 cm³/mol. The molecule has 2 aliphatic rings. The average Bonchev–Trinajstić information content (AvgIpc) is 3.71. The van der Waals surface area contributed by atoms with E-state index in [9.17, 15) is 8.42 Å². The molecule has 7 rings (SSSR count).